The highest BCUT2D eigenvalue weighted by atomic mass is 14.9. The van der Waals surface area contributed by atoms with E-state index in [0.29, 0.717) is 6.04 Å². The van der Waals surface area contributed by atoms with E-state index in [1.54, 1.807) is 0 Å². The summed E-state index contributed by atoms with van der Waals surface area (Å²) in [6.45, 7) is 9.10. The minimum atomic E-state index is 0.466. The van der Waals surface area contributed by atoms with Crippen LogP contribution in [0.15, 0.2) is 42.5 Å². The SMILES string of the molecule is C=C(C)CNC(CCC)c1ccccc1. The zero-order valence-corrected chi connectivity index (χ0v) is 9.79. The average Bonchev–Trinajstić information content (AvgIpc) is 2.25. The van der Waals surface area contributed by atoms with Crippen molar-refractivity contribution in [3.05, 3.63) is 48.0 Å². The van der Waals surface area contributed by atoms with Crippen LogP contribution in [0.5, 0.6) is 0 Å². The maximum Gasteiger partial charge on any atom is 0.0323 e. The first-order valence-electron chi connectivity index (χ1n) is 5.66. The van der Waals surface area contributed by atoms with Crippen LogP contribution in [0, 0.1) is 0 Å². The molecule has 1 aromatic rings. The molecule has 0 bridgehead atoms. The van der Waals surface area contributed by atoms with E-state index >= 15 is 0 Å². The van der Waals surface area contributed by atoms with E-state index in [-0.39, 0.29) is 0 Å². The van der Waals surface area contributed by atoms with Crippen LogP contribution >= 0.6 is 0 Å². The van der Waals surface area contributed by atoms with E-state index in [9.17, 15) is 0 Å². The molecule has 1 atom stereocenters. The van der Waals surface area contributed by atoms with E-state index in [2.05, 4.69) is 56.1 Å². The van der Waals surface area contributed by atoms with Gasteiger partial charge in [0.2, 0.25) is 0 Å². The third kappa shape index (κ3) is 4.30. The molecule has 15 heavy (non-hydrogen) atoms. The Kier molecular flexibility index (Phi) is 5.13. The van der Waals surface area contributed by atoms with E-state index < -0.39 is 0 Å². The molecule has 0 spiro atoms. The number of hydrogen-bond donors (Lipinski definition) is 1. The molecule has 0 amide bonds. The topological polar surface area (TPSA) is 12.0 Å². The van der Waals surface area contributed by atoms with Gasteiger partial charge in [0, 0.05) is 12.6 Å². The van der Waals surface area contributed by atoms with E-state index in [1.165, 1.54) is 24.0 Å². The van der Waals surface area contributed by atoms with Crippen molar-refractivity contribution in [2.24, 2.45) is 0 Å². The van der Waals surface area contributed by atoms with Crippen molar-refractivity contribution in [1.29, 1.82) is 0 Å². The lowest BCUT2D eigenvalue weighted by atomic mass is 10.0. The number of nitrogens with one attached hydrogen (secondary N) is 1. The molecule has 1 aromatic carbocycles. The smallest absolute Gasteiger partial charge is 0.0323 e. The monoisotopic (exact) mass is 203 g/mol. The Morgan fingerprint density at radius 3 is 2.53 bits per heavy atom. The van der Waals surface area contributed by atoms with Gasteiger partial charge in [-0.2, -0.15) is 0 Å². The van der Waals surface area contributed by atoms with Gasteiger partial charge in [-0.25, -0.2) is 0 Å². The summed E-state index contributed by atoms with van der Waals surface area (Å²) in [6, 6.07) is 11.1. The molecule has 1 unspecified atom stereocenters. The van der Waals surface area contributed by atoms with Gasteiger partial charge in [0.25, 0.3) is 0 Å². The van der Waals surface area contributed by atoms with Crippen LogP contribution in [0.25, 0.3) is 0 Å². The van der Waals surface area contributed by atoms with E-state index in [4.69, 9.17) is 0 Å². The lowest BCUT2D eigenvalue weighted by molar-refractivity contribution is 0.515. The summed E-state index contributed by atoms with van der Waals surface area (Å²) in [6.07, 6.45) is 2.38. The number of rotatable bonds is 6. The molecule has 82 valence electrons. The van der Waals surface area contributed by atoms with Crippen molar-refractivity contribution < 1.29 is 0 Å². The molecule has 0 fully saturated rings. The molecule has 0 heterocycles. The van der Waals surface area contributed by atoms with Gasteiger partial charge >= 0.3 is 0 Å². The molecule has 0 saturated heterocycles. The molecule has 0 saturated carbocycles. The Bertz CT molecular complexity index is 289. The molecular weight excluding hydrogens is 182 g/mol. The molecule has 1 nitrogen and oxygen atoms in total. The van der Waals surface area contributed by atoms with Crippen LogP contribution in [0.3, 0.4) is 0 Å². The number of benzene rings is 1. The Labute approximate surface area is 93.2 Å². The van der Waals surface area contributed by atoms with Gasteiger partial charge in [-0.3, -0.25) is 0 Å². The molecule has 0 aliphatic heterocycles. The number of hydrogen-bond acceptors (Lipinski definition) is 1. The fraction of sp³-hybridized carbons (Fsp3) is 0.429. The van der Waals surface area contributed by atoms with Crippen molar-refractivity contribution in [2.75, 3.05) is 6.54 Å². The molecule has 1 heteroatoms. The molecule has 0 aromatic heterocycles. The molecule has 0 radical (unpaired) electrons. The zero-order valence-electron chi connectivity index (χ0n) is 9.79. The summed E-state index contributed by atoms with van der Waals surface area (Å²) in [5.41, 5.74) is 2.56. The van der Waals surface area contributed by atoms with Gasteiger partial charge in [0.1, 0.15) is 0 Å². The maximum absolute atomic E-state index is 3.92. The molecular formula is C14H21N. The Morgan fingerprint density at radius 2 is 2.00 bits per heavy atom. The van der Waals surface area contributed by atoms with Gasteiger partial charge in [-0.1, -0.05) is 55.8 Å². The fourth-order valence-electron chi connectivity index (χ4n) is 1.66. The highest BCUT2D eigenvalue weighted by molar-refractivity contribution is 5.19. The first-order chi connectivity index (χ1) is 7.24. The predicted molar refractivity (Wildman–Crippen MR) is 66.9 cm³/mol. The lowest BCUT2D eigenvalue weighted by Crippen LogP contribution is -2.22. The summed E-state index contributed by atoms with van der Waals surface area (Å²) in [5, 5.41) is 3.54. The van der Waals surface area contributed by atoms with Gasteiger partial charge in [-0.05, 0) is 18.9 Å². The summed E-state index contributed by atoms with van der Waals surface area (Å²) in [4.78, 5) is 0. The standard InChI is InChI=1S/C14H21N/c1-4-8-14(15-11-12(2)3)13-9-6-5-7-10-13/h5-7,9-10,14-15H,2,4,8,11H2,1,3H3. The predicted octanol–water partition coefficient (Wildman–Crippen LogP) is 3.69. The molecule has 1 N–H and O–H groups in total. The van der Waals surface area contributed by atoms with Gasteiger partial charge < -0.3 is 5.32 Å². The highest BCUT2D eigenvalue weighted by Crippen LogP contribution is 2.17. The van der Waals surface area contributed by atoms with Gasteiger partial charge in [0.15, 0.2) is 0 Å². The van der Waals surface area contributed by atoms with Crippen molar-refractivity contribution in [1.82, 2.24) is 5.32 Å². The Morgan fingerprint density at radius 1 is 1.33 bits per heavy atom. The minimum Gasteiger partial charge on any atom is -0.306 e. The first kappa shape index (κ1) is 12.0. The normalized spacial score (nSPS) is 12.4. The Balaban J connectivity index is 2.61. The zero-order chi connectivity index (χ0) is 11.1. The van der Waals surface area contributed by atoms with Crippen LogP contribution in [0.2, 0.25) is 0 Å². The quantitative estimate of drug-likeness (QED) is 0.695. The largest absolute Gasteiger partial charge is 0.306 e. The second-order valence-electron chi connectivity index (χ2n) is 4.09. The second-order valence-corrected chi connectivity index (χ2v) is 4.09. The van der Waals surface area contributed by atoms with E-state index in [1.807, 2.05) is 0 Å². The Hall–Kier alpha value is -1.08. The first-order valence-corrected chi connectivity index (χ1v) is 5.66. The van der Waals surface area contributed by atoms with Gasteiger partial charge in [0.05, 0.1) is 0 Å². The summed E-state index contributed by atoms with van der Waals surface area (Å²) >= 11 is 0. The van der Waals surface area contributed by atoms with Crippen molar-refractivity contribution in [3.63, 3.8) is 0 Å². The average molecular weight is 203 g/mol. The highest BCUT2D eigenvalue weighted by Gasteiger charge is 2.08. The van der Waals surface area contributed by atoms with Crippen LogP contribution in [0.4, 0.5) is 0 Å². The van der Waals surface area contributed by atoms with Crippen molar-refractivity contribution >= 4 is 0 Å². The second kappa shape index (κ2) is 6.41. The van der Waals surface area contributed by atoms with Gasteiger partial charge in [-0.15, -0.1) is 0 Å². The van der Waals surface area contributed by atoms with Crippen LogP contribution < -0.4 is 5.32 Å². The summed E-state index contributed by atoms with van der Waals surface area (Å²) < 4.78 is 0. The van der Waals surface area contributed by atoms with Crippen LogP contribution in [-0.4, -0.2) is 6.54 Å². The van der Waals surface area contributed by atoms with E-state index in [0.717, 1.165) is 6.54 Å². The molecule has 0 aliphatic rings. The van der Waals surface area contributed by atoms with Crippen LogP contribution in [-0.2, 0) is 0 Å². The van der Waals surface area contributed by atoms with Crippen molar-refractivity contribution in [2.45, 2.75) is 32.7 Å². The minimum absolute atomic E-state index is 0.466. The lowest BCUT2D eigenvalue weighted by Gasteiger charge is -2.18. The summed E-state index contributed by atoms with van der Waals surface area (Å²) in [5.74, 6) is 0. The maximum atomic E-state index is 3.92. The third-order valence-electron chi connectivity index (χ3n) is 2.43. The molecule has 1 rings (SSSR count). The molecule has 0 aliphatic carbocycles. The third-order valence-corrected chi connectivity index (χ3v) is 2.43. The van der Waals surface area contributed by atoms with Crippen LogP contribution in [0.1, 0.15) is 38.3 Å². The fourth-order valence-corrected chi connectivity index (χ4v) is 1.66. The van der Waals surface area contributed by atoms with Crippen molar-refractivity contribution in [3.8, 4) is 0 Å². The summed E-state index contributed by atoms with van der Waals surface area (Å²) in [7, 11) is 0.